The zero-order valence-electron chi connectivity index (χ0n) is 16.4. The Kier molecular flexibility index (Phi) is 5.80. The fourth-order valence-electron chi connectivity index (χ4n) is 3.34. The first-order valence-electron chi connectivity index (χ1n) is 9.58. The quantitative estimate of drug-likeness (QED) is 0.598. The normalized spacial score (nSPS) is 13.8. The van der Waals surface area contributed by atoms with Gasteiger partial charge in [-0.05, 0) is 42.8 Å². The molecule has 2 N–H and O–H groups in total. The molecule has 1 saturated heterocycles. The van der Waals surface area contributed by atoms with Gasteiger partial charge in [-0.25, -0.2) is 4.68 Å². The summed E-state index contributed by atoms with van der Waals surface area (Å²) in [4.78, 5) is 26.2. The van der Waals surface area contributed by atoms with E-state index in [0.717, 1.165) is 28.0 Å². The summed E-state index contributed by atoms with van der Waals surface area (Å²) < 4.78 is 2.57. The van der Waals surface area contributed by atoms with Crippen LogP contribution < -0.4 is 15.5 Å². The second-order valence-electron chi connectivity index (χ2n) is 7.04. The van der Waals surface area contributed by atoms with E-state index in [1.807, 2.05) is 60.4 Å². The minimum atomic E-state index is -0.273. The molecule has 0 radical (unpaired) electrons. The van der Waals surface area contributed by atoms with E-state index in [2.05, 4.69) is 36.9 Å². The van der Waals surface area contributed by atoms with E-state index in [9.17, 15) is 9.59 Å². The molecule has 3 aromatic rings. The molecule has 0 aliphatic carbocycles. The van der Waals surface area contributed by atoms with Crippen LogP contribution in [0.4, 0.5) is 5.69 Å². The third kappa shape index (κ3) is 4.35. The van der Waals surface area contributed by atoms with Gasteiger partial charge in [0.2, 0.25) is 5.91 Å². The fraction of sp³-hybridized carbons (Fsp3) is 0.238. The molecule has 0 bridgehead atoms. The van der Waals surface area contributed by atoms with Crippen LogP contribution >= 0.6 is 15.9 Å². The van der Waals surface area contributed by atoms with Crippen molar-refractivity contribution < 1.29 is 9.59 Å². The summed E-state index contributed by atoms with van der Waals surface area (Å²) in [6, 6.07) is 15.5. The molecule has 8 nitrogen and oxygen atoms in total. The lowest BCUT2D eigenvalue weighted by Gasteiger charge is -2.28. The highest BCUT2D eigenvalue weighted by molar-refractivity contribution is 9.10. The number of hydrogen-bond donors (Lipinski definition) is 2. The zero-order valence-corrected chi connectivity index (χ0v) is 18.0. The highest BCUT2D eigenvalue weighted by Crippen LogP contribution is 2.18. The highest BCUT2D eigenvalue weighted by Gasteiger charge is 2.18. The number of hydrogen-bond acceptors (Lipinski definition) is 5. The maximum absolute atomic E-state index is 12.6. The number of piperazine rings is 1. The van der Waals surface area contributed by atoms with Crippen molar-refractivity contribution >= 4 is 33.4 Å². The van der Waals surface area contributed by atoms with Crippen LogP contribution in [0.5, 0.6) is 0 Å². The maximum atomic E-state index is 12.6. The molecule has 1 aliphatic heterocycles. The van der Waals surface area contributed by atoms with Gasteiger partial charge in [0.05, 0.1) is 17.9 Å². The van der Waals surface area contributed by atoms with Crippen molar-refractivity contribution in [2.24, 2.45) is 0 Å². The number of rotatable bonds is 5. The molecule has 1 aromatic heterocycles. The monoisotopic (exact) mass is 468 g/mol. The first-order chi connectivity index (χ1) is 14.5. The van der Waals surface area contributed by atoms with Gasteiger partial charge in [-0.3, -0.25) is 9.59 Å². The van der Waals surface area contributed by atoms with Gasteiger partial charge in [0.15, 0.2) is 5.69 Å². The molecule has 1 fully saturated rings. The molecule has 4 rings (SSSR count). The van der Waals surface area contributed by atoms with E-state index in [1.54, 1.807) is 4.68 Å². The van der Waals surface area contributed by atoms with Gasteiger partial charge in [0.25, 0.3) is 5.91 Å². The number of nitrogens with one attached hydrogen (secondary N) is 2. The predicted molar refractivity (Wildman–Crippen MR) is 117 cm³/mol. The van der Waals surface area contributed by atoms with Gasteiger partial charge in [-0.1, -0.05) is 39.3 Å². The smallest absolute Gasteiger partial charge is 0.274 e. The van der Waals surface area contributed by atoms with Crippen molar-refractivity contribution in [2.75, 3.05) is 24.5 Å². The third-order valence-electron chi connectivity index (χ3n) is 4.96. The second-order valence-corrected chi connectivity index (χ2v) is 7.95. The summed E-state index contributed by atoms with van der Waals surface area (Å²) in [5, 5.41) is 13.9. The lowest BCUT2D eigenvalue weighted by Crippen LogP contribution is -2.47. The van der Waals surface area contributed by atoms with Gasteiger partial charge >= 0.3 is 0 Å². The van der Waals surface area contributed by atoms with Crippen molar-refractivity contribution in [3.63, 3.8) is 0 Å². The number of amides is 2. The first-order valence-corrected chi connectivity index (χ1v) is 10.4. The SMILES string of the molecule is Cc1c(C(=O)NCc2ccc(N3CCNC(=O)C3)cc2)nnn1-c1cccc(Br)c1. The molecule has 2 aromatic carbocycles. The van der Waals surface area contributed by atoms with Crippen molar-refractivity contribution in [3.05, 3.63) is 70.0 Å². The number of aromatic nitrogens is 3. The van der Waals surface area contributed by atoms with Gasteiger partial charge in [0, 0.05) is 29.8 Å². The van der Waals surface area contributed by atoms with Crippen molar-refractivity contribution in [1.82, 2.24) is 25.6 Å². The van der Waals surface area contributed by atoms with Crippen molar-refractivity contribution in [2.45, 2.75) is 13.5 Å². The number of halogens is 1. The van der Waals surface area contributed by atoms with Crippen molar-refractivity contribution in [3.8, 4) is 5.69 Å². The van der Waals surface area contributed by atoms with E-state index in [-0.39, 0.29) is 11.8 Å². The Bertz CT molecular complexity index is 1080. The molecular formula is C21H21BrN6O2. The molecule has 9 heteroatoms. The van der Waals surface area contributed by atoms with E-state index < -0.39 is 0 Å². The lowest BCUT2D eigenvalue weighted by molar-refractivity contribution is -0.120. The summed E-state index contributed by atoms with van der Waals surface area (Å²) in [6.07, 6.45) is 0. The second kappa shape index (κ2) is 8.66. The Morgan fingerprint density at radius 1 is 1.20 bits per heavy atom. The van der Waals surface area contributed by atoms with E-state index in [1.165, 1.54) is 0 Å². The fourth-order valence-corrected chi connectivity index (χ4v) is 3.73. The maximum Gasteiger partial charge on any atom is 0.274 e. The average Bonchev–Trinajstić information content (AvgIpc) is 3.14. The van der Waals surface area contributed by atoms with Crippen LogP contribution in [0.2, 0.25) is 0 Å². The summed E-state index contributed by atoms with van der Waals surface area (Å²) in [6.45, 7) is 4.00. The van der Waals surface area contributed by atoms with Crippen LogP contribution in [0.15, 0.2) is 53.0 Å². The number of benzene rings is 2. The Balaban J connectivity index is 1.40. The van der Waals surface area contributed by atoms with Crippen molar-refractivity contribution in [1.29, 1.82) is 0 Å². The Morgan fingerprint density at radius 2 is 2.00 bits per heavy atom. The molecular weight excluding hydrogens is 448 g/mol. The van der Waals surface area contributed by atoms with Crippen LogP contribution in [0.25, 0.3) is 5.69 Å². The Labute approximate surface area is 182 Å². The largest absolute Gasteiger partial charge is 0.360 e. The van der Waals surface area contributed by atoms with Gasteiger partial charge < -0.3 is 15.5 Å². The lowest BCUT2D eigenvalue weighted by atomic mass is 10.1. The highest BCUT2D eigenvalue weighted by atomic mass is 79.9. The molecule has 2 heterocycles. The third-order valence-corrected chi connectivity index (χ3v) is 5.45. The first kappa shape index (κ1) is 20.1. The van der Waals surface area contributed by atoms with Crippen LogP contribution in [-0.2, 0) is 11.3 Å². The predicted octanol–water partition coefficient (Wildman–Crippen LogP) is 2.20. The number of nitrogens with zero attached hydrogens (tertiary/aromatic N) is 4. The minimum Gasteiger partial charge on any atom is -0.360 e. The summed E-state index contributed by atoms with van der Waals surface area (Å²) in [5.41, 5.74) is 3.75. The van der Waals surface area contributed by atoms with Crippen LogP contribution in [0.1, 0.15) is 21.7 Å². The van der Waals surface area contributed by atoms with Crippen LogP contribution in [0, 0.1) is 6.92 Å². The summed E-state index contributed by atoms with van der Waals surface area (Å²) in [5.74, 6) is -0.241. The van der Waals surface area contributed by atoms with E-state index in [0.29, 0.717) is 31.0 Å². The topological polar surface area (TPSA) is 92.2 Å². The van der Waals surface area contributed by atoms with Gasteiger partial charge in [-0.15, -0.1) is 5.10 Å². The number of carbonyl (C=O) groups is 2. The number of anilines is 1. The molecule has 0 unspecified atom stereocenters. The van der Waals surface area contributed by atoms with E-state index in [4.69, 9.17) is 0 Å². The Morgan fingerprint density at radius 3 is 2.73 bits per heavy atom. The Hall–Kier alpha value is -3.20. The molecule has 154 valence electrons. The molecule has 0 atom stereocenters. The summed E-state index contributed by atoms with van der Waals surface area (Å²) in [7, 11) is 0. The standard InChI is InChI=1S/C21H21BrN6O2/c1-14-20(25-26-28(14)18-4-2-3-16(22)11-18)21(30)24-12-15-5-7-17(8-6-15)27-10-9-23-19(29)13-27/h2-8,11H,9-10,12-13H2,1H3,(H,23,29)(H,24,30). The molecule has 0 saturated carbocycles. The molecule has 30 heavy (non-hydrogen) atoms. The minimum absolute atomic E-state index is 0.0314. The molecule has 1 aliphatic rings. The summed E-state index contributed by atoms with van der Waals surface area (Å²) >= 11 is 3.44. The average molecular weight is 469 g/mol. The van der Waals surface area contributed by atoms with Gasteiger partial charge in [-0.2, -0.15) is 0 Å². The van der Waals surface area contributed by atoms with Gasteiger partial charge in [0.1, 0.15) is 0 Å². The zero-order chi connectivity index (χ0) is 21.1. The molecule has 0 spiro atoms. The molecule has 2 amide bonds. The van der Waals surface area contributed by atoms with Crippen LogP contribution in [-0.4, -0.2) is 46.4 Å². The number of carbonyl (C=O) groups excluding carboxylic acids is 2. The van der Waals surface area contributed by atoms with E-state index >= 15 is 0 Å². The van der Waals surface area contributed by atoms with Crippen LogP contribution in [0.3, 0.4) is 0 Å².